The van der Waals surface area contributed by atoms with Crippen molar-refractivity contribution in [3.63, 3.8) is 0 Å². The summed E-state index contributed by atoms with van der Waals surface area (Å²) in [5.41, 5.74) is 2.23. The molecular formula is C29H28Br2O6. The minimum atomic E-state index is -1.77. The van der Waals surface area contributed by atoms with Crippen LogP contribution in [0, 0.1) is 0 Å². The first kappa shape index (κ1) is 27.2. The van der Waals surface area contributed by atoms with Crippen LogP contribution in [-0.4, -0.2) is 27.3 Å². The van der Waals surface area contributed by atoms with Crippen LogP contribution in [-0.2, 0) is 36.0 Å². The molecule has 0 atom stereocenters. The van der Waals surface area contributed by atoms with Gasteiger partial charge in [0, 0.05) is 36.8 Å². The van der Waals surface area contributed by atoms with Crippen molar-refractivity contribution in [2.45, 2.75) is 59.0 Å². The number of esters is 1. The second-order valence-corrected chi connectivity index (χ2v) is 10.6. The van der Waals surface area contributed by atoms with E-state index in [4.69, 9.17) is 4.74 Å². The maximum atomic E-state index is 13.3. The maximum Gasteiger partial charge on any atom is 0.340 e. The molecule has 1 heterocycles. The molecule has 0 fully saturated rings. The molecule has 0 radical (unpaired) electrons. The zero-order valence-electron chi connectivity index (χ0n) is 21.0. The first-order valence-electron chi connectivity index (χ1n) is 12.3. The van der Waals surface area contributed by atoms with E-state index in [1.807, 2.05) is 27.7 Å². The van der Waals surface area contributed by atoms with Gasteiger partial charge in [-0.3, -0.25) is 0 Å². The van der Waals surface area contributed by atoms with Gasteiger partial charge in [-0.25, -0.2) is 9.59 Å². The van der Waals surface area contributed by atoms with Crippen molar-refractivity contribution in [2.75, 3.05) is 0 Å². The van der Waals surface area contributed by atoms with Gasteiger partial charge >= 0.3 is 11.9 Å². The maximum absolute atomic E-state index is 13.3. The highest BCUT2D eigenvalue weighted by atomic mass is 79.9. The lowest BCUT2D eigenvalue weighted by Gasteiger charge is -2.34. The van der Waals surface area contributed by atoms with Crippen LogP contribution in [0.3, 0.4) is 0 Å². The number of phenolic OH excluding ortho intramolecular Hbond substituents is 2. The Labute approximate surface area is 232 Å². The fourth-order valence-corrected chi connectivity index (χ4v) is 6.90. The molecule has 3 aromatic carbocycles. The summed E-state index contributed by atoms with van der Waals surface area (Å²) in [6, 6.07) is 7.73. The van der Waals surface area contributed by atoms with Gasteiger partial charge in [0.2, 0.25) is 0 Å². The van der Waals surface area contributed by atoms with E-state index in [0.717, 1.165) is 20.1 Å². The summed E-state index contributed by atoms with van der Waals surface area (Å²) in [6.07, 6.45) is 2.23. The number of aryl methyl sites for hydroxylation is 2. The van der Waals surface area contributed by atoms with Gasteiger partial charge in [-0.15, -0.1) is 0 Å². The van der Waals surface area contributed by atoms with E-state index in [-0.39, 0.29) is 39.3 Å². The molecule has 6 nitrogen and oxygen atoms in total. The molecule has 8 heteroatoms. The van der Waals surface area contributed by atoms with Gasteiger partial charge in [0.15, 0.2) is 5.60 Å². The molecule has 0 saturated heterocycles. The summed E-state index contributed by atoms with van der Waals surface area (Å²) in [6.45, 7) is 7.78. The molecule has 4 rings (SSSR count). The van der Waals surface area contributed by atoms with Crippen LogP contribution in [0.4, 0.5) is 0 Å². The predicted molar refractivity (Wildman–Crippen MR) is 148 cm³/mol. The van der Waals surface area contributed by atoms with E-state index < -0.39 is 17.5 Å². The lowest BCUT2D eigenvalue weighted by atomic mass is 9.76. The summed E-state index contributed by atoms with van der Waals surface area (Å²) >= 11 is 7.22. The first-order valence-corrected chi connectivity index (χ1v) is 13.8. The molecule has 37 heavy (non-hydrogen) atoms. The molecule has 0 unspecified atom stereocenters. The SMILES string of the molecule is CCc1cc(C2(c3cc(CC)c(Br)c(CC)c3O)OC(=O)c3ccc(C(=O)O)cc32)c(O)c(CC)c1Br. The molecule has 1 aliphatic rings. The van der Waals surface area contributed by atoms with Crippen molar-refractivity contribution in [1.82, 2.24) is 0 Å². The summed E-state index contributed by atoms with van der Waals surface area (Å²) < 4.78 is 7.71. The number of carboxylic acid groups (broad SMARTS) is 1. The number of phenols is 2. The number of aromatic carboxylic acids is 1. The zero-order chi connectivity index (χ0) is 27.2. The van der Waals surface area contributed by atoms with Crippen LogP contribution in [0.1, 0.15) is 87.4 Å². The smallest absolute Gasteiger partial charge is 0.340 e. The standard InChI is InChI=1S/C29H28Br2O6/c1-5-14-11-21(25(32)17(7-3)23(14)30)29(22-12-15(6-2)24(31)18(8-4)26(22)33)20-13-16(27(34)35)9-10-19(20)28(36)37-29/h9-13,32-33H,5-8H2,1-4H3,(H,34,35). The molecule has 0 aromatic heterocycles. The molecule has 1 aliphatic heterocycles. The number of ether oxygens (including phenoxy) is 1. The van der Waals surface area contributed by atoms with Crippen LogP contribution in [0.5, 0.6) is 11.5 Å². The third-order valence-corrected chi connectivity index (χ3v) is 9.13. The van der Waals surface area contributed by atoms with Crippen molar-refractivity contribution in [3.8, 4) is 11.5 Å². The molecule has 0 bridgehead atoms. The highest BCUT2D eigenvalue weighted by Gasteiger charge is 2.52. The van der Waals surface area contributed by atoms with Gasteiger partial charge < -0.3 is 20.1 Å². The van der Waals surface area contributed by atoms with E-state index in [1.165, 1.54) is 18.2 Å². The zero-order valence-corrected chi connectivity index (χ0v) is 24.2. The topological polar surface area (TPSA) is 104 Å². The average molecular weight is 632 g/mol. The second kappa shape index (κ2) is 10.1. The van der Waals surface area contributed by atoms with Crippen molar-refractivity contribution in [2.24, 2.45) is 0 Å². The minimum Gasteiger partial charge on any atom is -0.507 e. The lowest BCUT2D eigenvalue weighted by molar-refractivity contribution is 0.0238. The normalized spacial score (nSPS) is 13.9. The minimum absolute atomic E-state index is 0.0347. The number of aromatic hydroxyl groups is 2. The van der Waals surface area contributed by atoms with Gasteiger partial charge in [0.1, 0.15) is 11.5 Å². The predicted octanol–water partition coefficient (Wildman–Crippen LogP) is 7.03. The van der Waals surface area contributed by atoms with Crippen molar-refractivity contribution in [1.29, 1.82) is 0 Å². The number of halogens is 2. The summed E-state index contributed by atoms with van der Waals surface area (Å²) in [7, 11) is 0. The summed E-state index contributed by atoms with van der Waals surface area (Å²) in [5.74, 6) is -1.98. The van der Waals surface area contributed by atoms with Gasteiger partial charge in [0.05, 0.1) is 11.1 Å². The van der Waals surface area contributed by atoms with Gasteiger partial charge in [0.25, 0.3) is 0 Å². The number of carbonyl (C=O) groups excluding carboxylic acids is 1. The third kappa shape index (κ3) is 4.05. The lowest BCUT2D eigenvalue weighted by Crippen LogP contribution is -2.31. The fraction of sp³-hybridized carbons (Fsp3) is 0.310. The molecule has 0 aliphatic carbocycles. The van der Waals surface area contributed by atoms with Crippen LogP contribution in [0.15, 0.2) is 39.3 Å². The Bertz CT molecular complexity index is 1380. The number of carboxylic acids is 1. The Kier molecular flexibility index (Phi) is 7.45. The summed E-state index contributed by atoms with van der Waals surface area (Å²) in [5, 5.41) is 33.0. The van der Waals surface area contributed by atoms with Gasteiger partial charge in [-0.1, -0.05) is 59.6 Å². The van der Waals surface area contributed by atoms with Crippen LogP contribution in [0.25, 0.3) is 0 Å². The highest BCUT2D eigenvalue weighted by Crippen LogP contribution is 2.55. The van der Waals surface area contributed by atoms with Crippen LogP contribution in [0.2, 0.25) is 0 Å². The van der Waals surface area contributed by atoms with Crippen LogP contribution < -0.4 is 0 Å². The Morgan fingerprint density at radius 2 is 1.30 bits per heavy atom. The van der Waals surface area contributed by atoms with E-state index in [1.54, 1.807) is 12.1 Å². The molecule has 3 aromatic rings. The fourth-order valence-electron chi connectivity index (χ4n) is 5.17. The van der Waals surface area contributed by atoms with Crippen molar-refractivity contribution >= 4 is 43.8 Å². The number of benzene rings is 3. The molecule has 3 N–H and O–H groups in total. The number of hydrogen-bond acceptors (Lipinski definition) is 5. The largest absolute Gasteiger partial charge is 0.507 e. The Hall–Kier alpha value is -2.84. The van der Waals surface area contributed by atoms with E-state index in [0.29, 0.717) is 36.8 Å². The first-order chi connectivity index (χ1) is 17.6. The van der Waals surface area contributed by atoms with Crippen molar-refractivity contribution < 1.29 is 29.6 Å². The number of cyclic esters (lactones) is 1. The molecule has 0 saturated carbocycles. The number of rotatable bonds is 7. The molecule has 194 valence electrons. The Morgan fingerprint density at radius 3 is 1.70 bits per heavy atom. The average Bonchev–Trinajstić information content (AvgIpc) is 3.17. The van der Waals surface area contributed by atoms with Gasteiger partial charge in [-0.05, 0) is 67.1 Å². The van der Waals surface area contributed by atoms with Crippen molar-refractivity contribution in [3.05, 3.63) is 89.3 Å². The molecular weight excluding hydrogens is 604 g/mol. The number of hydrogen-bond donors (Lipinski definition) is 3. The molecule has 0 amide bonds. The van der Waals surface area contributed by atoms with Crippen LogP contribution >= 0.6 is 31.9 Å². The van der Waals surface area contributed by atoms with E-state index in [2.05, 4.69) is 31.9 Å². The third-order valence-electron chi connectivity index (χ3n) is 7.15. The molecule has 0 spiro atoms. The number of fused-ring (bicyclic) bond motifs is 1. The summed E-state index contributed by atoms with van der Waals surface area (Å²) in [4.78, 5) is 25.3. The van der Waals surface area contributed by atoms with E-state index in [9.17, 15) is 24.9 Å². The van der Waals surface area contributed by atoms with Gasteiger partial charge in [-0.2, -0.15) is 0 Å². The number of carbonyl (C=O) groups is 2. The van der Waals surface area contributed by atoms with E-state index >= 15 is 0 Å². The second-order valence-electron chi connectivity index (χ2n) is 9.00. The monoisotopic (exact) mass is 630 g/mol. The quantitative estimate of drug-likeness (QED) is 0.242. The highest BCUT2D eigenvalue weighted by molar-refractivity contribution is 9.10. The Balaban J connectivity index is 2.27. The Morgan fingerprint density at radius 1 is 0.811 bits per heavy atom.